The Hall–Kier alpha value is -1.67. The second kappa shape index (κ2) is 9.89. The number of carbonyl (C=O) groups is 1. The van der Waals surface area contributed by atoms with E-state index in [2.05, 4.69) is 4.90 Å². The Morgan fingerprint density at radius 3 is 2.41 bits per heavy atom. The lowest BCUT2D eigenvalue weighted by molar-refractivity contribution is -0.134. The van der Waals surface area contributed by atoms with Crippen LogP contribution in [0.1, 0.15) is 39.2 Å². The molecule has 1 N–H and O–H groups in total. The van der Waals surface area contributed by atoms with Crippen molar-refractivity contribution in [3.8, 4) is 0 Å². The highest BCUT2D eigenvalue weighted by Gasteiger charge is 2.36. The molecule has 29 heavy (non-hydrogen) atoms. The van der Waals surface area contributed by atoms with Gasteiger partial charge < -0.3 is 24.2 Å². The molecule has 2 fully saturated rings. The number of rotatable bonds is 7. The highest BCUT2D eigenvalue weighted by atomic mass is 16.6. The van der Waals surface area contributed by atoms with Gasteiger partial charge in [0.25, 0.3) is 0 Å². The van der Waals surface area contributed by atoms with Gasteiger partial charge >= 0.3 is 6.09 Å². The van der Waals surface area contributed by atoms with Crippen LogP contribution in [-0.2, 0) is 20.8 Å². The van der Waals surface area contributed by atoms with Crippen molar-refractivity contribution in [3.63, 3.8) is 0 Å². The summed E-state index contributed by atoms with van der Waals surface area (Å²) in [6, 6.07) is 9.86. The van der Waals surface area contributed by atoms with Crippen LogP contribution in [0, 0.1) is 0 Å². The van der Waals surface area contributed by atoms with E-state index in [4.69, 9.17) is 14.2 Å². The fourth-order valence-electron chi connectivity index (χ4n) is 3.54. The van der Waals surface area contributed by atoms with Crippen LogP contribution in [0.25, 0.3) is 0 Å². The van der Waals surface area contributed by atoms with Gasteiger partial charge in [-0.1, -0.05) is 30.3 Å². The fourth-order valence-corrected chi connectivity index (χ4v) is 3.54. The number of nitrogens with zero attached hydrogens (tertiary/aromatic N) is 2. The lowest BCUT2D eigenvalue weighted by atomic mass is 10.1. The molecular formula is C22H34N2O5. The molecule has 2 aliphatic rings. The van der Waals surface area contributed by atoms with Gasteiger partial charge in [-0.3, -0.25) is 4.90 Å². The smallest absolute Gasteiger partial charge is 0.410 e. The maximum Gasteiger partial charge on any atom is 0.410 e. The molecule has 1 aromatic rings. The van der Waals surface area contributed by atoms with Crippen LogP contribution in [0.4, 0.5) is 4.79 Å². The lowest BCUT2D eigenvalue weighted by Gasteiger charge is -2.42. The molecule has 0 aliphatic carbocycles. The lowest BCUT2D eigenvalue weighted by Crippen LogP contribution is -2.57. The average molecular weight is 407 g/mol. The Kier molecular flexibility index (Phi) is 7.51. The quantitative estimate of drug-likeness (QED) is 0.702. The molecule has 162 valence electrons. The minimum absolute atomic E-state index is 0.0962. The normalized spacial score (nSPS) is 20.3. The summed E-state index contributed by atoms with van der Waals surface area (Å²) < 4.78 is 17.0. The van der Waals surface area contributed by atoms with Crippen molar-refractivity contribution in [2.24, 2.45) is 0 Å². The molecule has 1 atom stereocenters. The predicted molar refractivity (Wildman–Crippen MR) is 109 cm³/mol. The number of hydrogen-bond acceptors (Lipinski definition) is 6. The van der Waals surface area contributed by atoms with Crippen LogP contribution < -0.4 is 0 Å². The third-order valence-corrected chi connectivity index (χ3v) is 5.12. The van der Waals surface area contributed by atoms with Crippen LogP contribution in [0.2, 0.25) is 0 Å². The van der Waals surface area contributed by atoms with E-state index >= 15 is 0 Å². The van der Waals surface area contributed by atoms with Crippen LogP contribution in [0.15, 0.2) is 30.3 Å². The largest absolute Gasteiger partial charge is 0.444 e. The highest BCUT2D eigenvalue weighted by Crippen LogP contribution is 2.22. The van der Waals surface area contributed by atoms with E-state index in [0.717, 1.165) is 31.5 Å². The average Bonchev–Trinajstić information content (AvgIpc) is 2.63. The first-order valence-corrected chi connectivity index (χ1v) is 10.5. The van der Waals surface area contributed by atoms with E-state index in [9.17, 15) is 9.90 Å². The first kappa shape index (κ1) is 22.0. The number of hydrogen-bond donors (Lipinski definition) is 1. The second-order valence-corrected chi connectivity index (χ2v) is 8.89. The number of amides is 1. The molecule has 0 radical (unpaired) electrons. The summed E-state index contributed by atoms with van der Waals surface area (Å²) in [5, 5.41) is 10.1. The Morgan fingerprint density at radius 2 is 1.79 bits per heavy atom. The zero-order valence-electron chi connectivity index (χ0n) is 17.8. The van der Waals surface area contributed by atoms with E-state index in [1.165, 1.54) is 0 Å². The van der Waals surface area contributed by atoms with Gasteiger partial charge in [0.2, 0.25) is 0 Å². The van der Waals surface area contributed by atoms with E-state index in [1.807, 2.05) is 51.1 Å². The number of likely N-dealkylation sites (tertiary alicyclic amines) is 2. The van der Waals surface area contributed by atoms with Gasteiger partial charge in [-0.05, 0) is 39.2 Å². The van der Waals surface area contributed by atoms with Crippen molar-refractivity contribution in [1.82, 2.24) is 9.80 Å². The molecule has 2 aliphatic heterocycles. The van der Waals surface area contributed by atoms with Crippen molar-refractivity contribution in [3.05, 3.63) is 35.9 Å². The third-order valence-electron chi connectivity index (χ3n) is 5.12. The summed E-state index contributed by atoms with van der Waals surface area (Å²) in [6.07, 6.45) is 1.10. The van der Waals surface area contributed by atoms with Gasteiger partial charge in [0.15, 0.2) is 6.29 Å². The van der Waals surface area contributed by atoms with Crippen molar-refractivity contribution >= 4 is 6.09 Å². The Morgan fingerprint density at radius 1 is 1.14 bits per heavy atom. The van der Waals surface area contributed by atoms with Gasteiger partial charge in [0, 0.05) is 19.6 Å². The molecule has 1 aromatic carbocycles. The van der Waals surface area contributed by atoms with E-state index in [1.54, 1.807) is 4.90 Å². The van der Waals surface area contributed by atoms with Crippen molar-refractivity contribution in [2.75, 3.05) is 32.7 Å². The van der Waals surface area contributed by atoms with Crippen LogP contribution in [0.3, 0.4) is 0 Å². The number of ether oxygens (including phenoxy) is 3. The Labute approximate surface area is 173 Å². The minimum atomic E-state index is -0.790. The molecular weight excluding hydrogens is 372 g/mol. The van der Waals surface area contributed by atoms with Gasteiger partial charge in [-0.15, -0.1) is 0 Å². The summed E-state index contributed by atoms with van der Waals surface area (Å²) in [6.45, 7) is 9.48. The van der Waals surface area contributed by atoms with Gasteiger partial charge in [0.05, 0.1) is 31.9 Å². The van der Waals surface area contributed by atoms with Crippen molar-refractivity contribution in [1.29, 1.82) is 0 Å². The zero-order valence-corrected chi connectivity index (χ0v) is 17.8. The molecule has 2 heterocycles. The molecule has 0 bridgehead atoms. The summed E-state index contributed by atoms with van der Waals surface area (Å²) in [4.78, 5) is 15.9. The number of piperidine rings is 1. The van der Waals surface area contributed by atoms with Gasteiger partial charge in [0.1, 0.15) is 5.60 Å². The van der Waals surface area contributed by atoms with Crippen molar-refractivity contribution in [2.45, 2.75) is 64.3 Å². The number of carbonyl (C=O) groups excluding carboxylic acids is 1. The number of benzene rings is 1. The summed E-state index contributed by atoms with van der Waals surface area (Å²) >= 11 is 0. The van der Waals surface area contributed by atoms with Crippen molar-refractivity contribution < 1.29 is 24.1 Å². The molecule has 0 spiro atoms. The molecule has 0 aromatic heterocycles. The van der Waals surface area contributed by atoms with Crippen LogP contribution in [-0.4, -0.2) is 77.8 Å². The molecule has 0 saturated carbocycles. The SMILES string of the molecule is CC(C)(C)OC(=O)N1CC(OC2CCN(CC(O)OCc3ccccc3)CC2)C1. The maximum absolute atomic E-state index is 12.0. The summed E-state index contributed by atoms with van der Waals surface area (Å²) in [5.41, 5.74) is 0.588. The number of aliphatic hydroxyl groups excluding tert-OH is 1. The minimum Gasteiger partial charge on any atom is -0.444 e. The van der Waals surface area contributed by atoms with E-state index in [0.29, 0.717) is 26.2 Å². The fraction of sp³-hybridized carbons (Fsp3) is 0.682. The molecule has 1 amide bonds. The van der Waals surface area contributed by atoms with Gasteiger partial charge in [-0.2, -0.15) is 0 Å². The Balaban J connectivity index is 1.28. The van der Waals surface area contributed by atoms with Gasteiger partial charge in [-0.25, -0.2) is 4.79 Å². The standard InChI is InChI=1S/C22H34N2O5/c1-22(2,3)29-21(26)24-13-19(14-24)28-18-9-11-23(12-10-18)15-20(25)27-16-17-7-5-4-6-8-17/h4-8,18-20,25H,9-16H2,1-3H3. The highest BCUT2D eigenvalue weighted by molar-refractivity contribution is 5.69. The number of aliphatic hydroxyl groups is 1. The second-order valence-electron chi connectivity index (χ2n) is 8.89. The molecule has 7 heteroatoms. The first-order chi connectivity index (χ1) is 13.8. The maximum atomic E-state index is 12.0. The van der Waals surface area contributed by atoms with Crippen LogP contribution >= 0.6 is 0 Å². The first-order valence-electron chi connectivity index (χ1n) is 10.5. The van der Waals surface area contributed by atoms with E-state index < -0.39 is 11.9 Å². The predicted octanol–water partition coefficient (Wildman–Crippen LogP) is 2.62. The number of β-amino-alcohol motifs (C(OH)–C–C–N with tert-alkyl or cyclic N) is 1. The van der Waals surface area contributed by atoms with Crippen LogP contribution in [0.5, 0.6) is 0 Å². The molecule has 2 saturated heterocycles. The zero-order chi connectivity index (χ0) is 20.9. The molecule has 7 nitrogen and oxygen atoms in total. The monoisotopic (exact) mass is 406 g/mol. The third kappa shape index (κ3) is 7.26. The Bertz CT molecular complexity index is 634. The summed E-state index contributed by atoms with van der Waals surface area (Å²) in [7, 11) is 0. The van der Waals surface area contributed by atoms with E-state index in [-0.39, 0.29) is 18.3 Å². The topological polar surface area (TPSA) is 71.5 Å². The molecule has 1 unspecified atom stereocenters. The summed E-state index contributed by atoms with van der Waals surface area (Å²) in [5.74, 6) is 0. The molecule has 3 rings (SSSR count).